The van der Waals surface area contributed by atoms with Gasteiger partial charge >= 0.3 is 0 Å². The molecule has 2 aromatic carbocycles. The fourth-order valence-corrected chi connectivity index (χ4v) is 4.76. The maximum Gasteiger partial charge on any atom is 0.251 e. The molecule has 0 amide bonds. The number of aromatic nitrogens is 1. The van der Waals surface area contributed by atoms with Gasteiger partial charge in [-0.1, -0.05) is 41.4 Å². The standard InChI is InChI=1S/C21H14Cl3NOS/c1-25-17-6-5-13(21(24)18-7-8-19(23)27-18)10-16(17)15(11-20(25)26)12-3-2-4-14(22)9-12/h2-11,21H,1H3. The number of benzene rings is 2. The number of hydrogen-bond donors (Lipinski definition) is 0. The number of alkyl halides is 1. The summed E-state index contributed by atoms with van der Waals surface area (Å²) in [5, 5.41) is 1.27. The molecule has 0 aliphatic rings. The van der Waals surface area contributed by atoms with E-state index in [2.05, 4.69) is 0 Å². The predicted molar refractivity (Wildman–Crippen MR) is 117 cm³/mol. The number of fused-ring (bicyclic) bond motifs is 1. The number of rotatable bonds is 3. The average molecular weight is 435 g/mol. The summed E-state index contributed by atoms with van der Waals surface area (Å²) in [6.45, 7) is 0. The minimum Gasteiger partial charge on any atom is -0.311 e. The number of pyridine rings is 1. The normalized spacial score (nSPS) is 12.4. The predicted octanol–water partition coefficient (Wildman–Crippen LogP) is 6.90. The lowest BCUT2D eigenvalue weighted by Crippen LogP contribution is -2.16. The molecule has 0 radical (unpaired) electrons. The Labute approximate surface area is 175 Å². The Morgan fingerprint density at radius 3 is 2.52 bits per heavy atom. The number of thiophene rings is 1. The van der Waals surface area contributed by atoms with Crippen molar-refractivity contribution in [3.8, 4) is 11.1 Å². The van der Waals surface area contributed by atoms with Crippen LogP contribution in [0.1, 0.15) is 15.8 Å². The lowest BCUT2D eigenvalue weighted by Gasteiger charge is -2.14. The molecular formula is C21H14Cl3NOS. The largest absolute Gasteiger partial charge is 0.311 e. The van der Waals surface area contributed by atoms with Gasteiger partial charge in [-0.25, -0.2) is 0 Å². The van der Waals surface area contributed by atoms with Crippen molar-refractivity contribution >= 4 is 57.0 Å². The van der Waals surface area contributed by atoms with Crippen molar-refractivity contribution in [1.82, 2.24) is 4.57 Å². The second-order valence-corrected chi connectivity index (χ2v) is 8.87. The third-order valence-electron chi connectivity index (χ3n) is 4.54. The minimum absolute atomic E-state index is 0.0716. The van der Waals surface area contributed by atoms with Crippen molar-refractivity contribution in [3.63, 3.8) is 0 Å². The van der Waals surface area contributed by atoms with E-state index in [1.54, 1.807) is 17.7 Å². The average Bonchev–Trinajstić information content (AvgIpc) is 3.10. The summed E-state index contributed by atoms with van der Waals surface area (Å²) in [7, 11) is 1.77. The van der Waals surface area contributed by atoms with E-state index in [1.807, 2.05) is 54.6 Å². The highest BCUT2D eigenvalue weighted by Gasteiger charge is 2.16. The summed E-state index contributed by atoms with van der Waals surface area (Å²) >= 11 is 20.4. The maximum absolute atomic E-state index is 12.4. The molecule has 0 fully saturated rings. The van der Waals surface area contributed by atoms with Gasteiger partial charge in [0.15, 0.2) is 0 Å². The Balaban J connectivity index is 1.95. The molecule has 2 heterocycles. The van der Waals surface area contributed by atoms with Crippen LogP contribution in [-0.2, 0) is 7.05 Å². The molecule has 27 heavy (non-hydrogen) atoms. The summed E-state index contributed by atoms with van der Waals surface area (Å²) in [4.78, 5) is 13.4. The Morgan fingerprint density at radius 2 is 1.81 bits per heavy atom. The van der Waals surface area contributed by atoms with Crippen LogP contribution in [0.25, 0.3) is 22.0 Å². The van der Waals surface area contributed by atoms with Crippen molar-refractivity contribution < 1.29 is 0 Å². The zero-order valence-electron chi connectivity index (χ0n) is 14.2. The van der Waals surface area contributed by atoms with Crippen LogP contribution >= 0.6 is 46.1 Å². The third-order valence-corrected chi connectivity index (χ3v) is 6.69. The molecular weight excluding hydrogens is 421 g/mol. The fourth-order valence-electron chi connectivity index (χ4n) is 3.16. The highest BCUT2D eigenvalue weighted by atomic mass is 35.5. The summed E-state index contributed by atoms with van der Waals surface area (Å²) in [6, 6.07) is 18.9. The summed E-state index contributed by atoms with van der Waals surface area (Å²) in [5.74, 6) is 0. The Kier molecular flexibility index (Phi) is 5.04. The minimum atomic E-state index is -0.309. The van der Waals surface area contributed by atoms with Crippen LogP contribution < -0.4 is 5.56 Å². The summed E-state index contributed by atoms with van der Waals surface area (Å²) < 4.78 is 2.34. The quantitative estimate of drug-likeness (QED) is 0.321. The molecule has 2 aromatic heterocycles. The van der Waals surface area contributed by atoms with Crippen molar-refractivity contribution in [3.05, 3.63) is 90.8 Å². The molecule has 0 spiro atoms. The lowest BCUT2D eigenvalue weighted by atomic mass is 9.98. The van der Waals surface area contributed by atoms with Gasteiger partial charge < -0.3 is 4.57 Å². The molecule has 0 aliphatic heterocycles. The molecule has 0 saturated carbocycles. The first-order valence-corrected chi connectivity index (χ1v) is 10.2. The van der Waals surface area contributed by atoms with Crippen LogP contribution in [-0.4, -0.2) is 4.57 Å². The van der Waals surface area contributed by atoms with Gasteiger partial charge in [-0.15, -0.1) is 22.9 Å². The van der Waals surface area contributed by atoms with E-state index in [0.717, 1.165) is 32.5 Å². The second-order valence-electron chi connectivity index (χ2n) is 6.25. The fraction of sp³-hybridized carbons (Fsp3) is 0.0952. The van der Waals surface area contributed by atoms with Crippen molar-refractivity contribution in [1.29, 1.82) is 0 Å². The molecule has 0 saturated heterocycles. The topological polar surface area (TPSA) is 22.0 Å². The SMILES string of the molecule is Cn1c(=O)cc(-c2cccc(Cl)c2)c2cc(C(Cl)c3ccc(Cl)s3)ccc21. The number of aryl methyl sites for hydroxylation is 1. The van der Waals surface area contributed by atoms with Crippen molar-refractivity contribution in [2.24, 2.45) is 7.05 Å². The van der Waals surface area contributed by atoms with Gasteiger partial charge in [0.1, 0.15) is 0 Å². The van der Waals surface area contributed by atoms with Gasteiger partial charge in [0.25, 0.3) is 5.56 Å². The first-order valence-electron chi connectivity index (χ1n) is 8.23. The zero-order valence-corrected chi connectivity index (χ0v) is 17.3. The number of hydrogen-bond acceptors (Lipinski definition) is 2. The zero-order chi connectivity index (χ0) is 19.1. The monoisotopic (exact) mass is 433 g/mol. The van der Waals surface area contributed by atoms with Crippen molar-refractivity contribution in [2.75, 3.05) is 0 Å². The summed E-state index contributed by atoms with van der Waals surface area (Å²) in [6.07, 6.45) is 0. The van der Waals surface area contributed by atoms with Crippen LogP contribution in [0.5, 0.6) is 0 Å². The maximum atomic E-state index is 12.4. The van der Waals surface area contributed by atoms with E-state index >= 15 is 0 Å². The molecule has 4 aromatic rings. The van der Waals surface area contributed by atoms with Crippen molar-refractivity contribution in [2.45, 2.75) is 5.38 Å². The summed E-state index contributed by atoms with van der Waals surface area (Å²) in [5.41, 5.74) is 3.45. The van der Waals surface area contributed by atoms with Gasteiger partial charge in [-0.3, -0.25) is 4.79 Å². The van der Waals surface area contributed by atoms with E-state index in [-0.39, 0.29) is 10.9 Å². The van der Waals surface area contributed by atoms with Crippen LogP contribution in [0, 0.1) is 0 Å². The van der Waals surface area contributed by atoms with Gasteiger partial charge in [0.05, 0.1) is 15.2 Å². The van der Waals surface area contributed by atoms with E-state index in [4.69, 9.17) is 34.8 Å². The first kappa shape index (κ1) is 18.6. The first-order chi connectivity index (χ1) is 12.9. The second kappa shape index (κ2) is 7.33. The van der Waals surface area contributed by atoms with Gasteiger partial charge in [-0.2, -0.15) is 0 Å². The van der Waals surface area contributed by atoms with Crippen LogP contribution in [0.15, 0.2) is 65.5 Å². The molecule has 136 valence electrons. The van der Waals surface area contributed by atoms with E-state index in [1.165, 1.54) is 11.3 Å². The molecule has 4 rings (SSSR count). The van der Waals surface area contributed by atoms with Gasteiger partial charge in [0, 0.05) is 28.4 Å². The van der Waals surface area contributed by atoms with E-state index < -0.39 is 0 Å². The Hall–Kier alpha value is -1.78. The van der Waals surface area contributed by atoms with E-state index in [0.29, 0.717) is 9.36 Å². The van der Waals surface area contributed by atoms with E-state index in [9.17, 15) is 4.79 Å². The van der Waals surface area contributed by atoms with Crippen LogP contribution in [0.2, 0.25) is 9.36 Å². The van der Waals surface area contributed by atoms with Gasteiger partial charge in [0.2, 0.25) is 0 Å². The number of nitrogens with zero attached hydrogens (tertiary/aromatic N) is 1. The molecule has 2 nitrogen and oxygen atoms in total. The van der Waals surface area contributed by atoms with Gasteiger partial charge in [-0.05, 0) is 53.1 Å². The third kappa shape index (κ3) is 3.53. The van der Waals surface area contributed by atoms with Crippen LogP contribution in [0.3, 0.4) is 0 Å². The Morgan fingerprint density at radius 1 is 1.00 bits per heavy atom. The highest BCUT2D eigenvalue weighted by Crippen LogP contribution is 2.38. The molecule has 0 bridgehead atoms. The molecule has 0 N–H and O–H groups in total. The molecule has 1 unspecified atom stereocenters. The Bertz CT molecular complexity index is 1210. The highest BCUT2D eigenvalue weighted by molar-refractivity contribution is 7.16. The number of halogens is 3. The lowest BCUT2D eigenvalue weighted by molar-refractivity contribution is 0.906. The molecule has 6 heteroatoms. The smallest absolute Gasteiger partial charge is 0.251 e. The van der Waals surface area contributed by atoms with Crippen LogP contribution in [0.4, 0.5) is 0 Å². The molecule has 0 aliphatic carbocycles. The molecule has 1 atom stereocenters.